The number of likely N-dealkylation sites (N-methyl/N-ethyl adjacent to an activating group) is 1. The van der Waals surface area contributed by atoms with Crippen molar-refractivity contribution in [2.24, 2.45) is 0 Å². The van der Waals surface area contributed by atoms with E-state index >= 15 is 0 Å². The fourth-order valence-corrected chi connectivity index (χ4v) is 2.59. The summed E-state index contributed by atoms with van der Waals surface area (Å²) in [6.07, 6.45) is 0.245. The molecule has 106 valence electrons. The van der Waals surface area contributed by atoms with Crippen LogP contribution in [0.5, 0.6) is 0 Å². The fraction of sp³-hybridized carbons (Fsp3) is 0.667. The van der Waals surface area contributed by atoms with Crippen molar-refractivity contribution < 1.29 is 9.53 Å². The van der Waals surface area contributed by atoms with Crippen LogP contribution in [0.15, 0.2) is 5.38 Å². The van der Waals surface area contributed by atoms with Crippen LogP contribution < -0.4 is 5.43 Å². The summed E-state index contributed by atoms with van der Waals surface area (Å²) in [4.78, 5) is 18.0. The molecule has 0 unspecified atom stereocenters. The Balaban J connectivity index is 1.82. The molecule has 19 heavy (non-hydrogen) atoms. The van der Waals surface area contributed by atoms with Gasteiger partial charge in [0.05, 0.1) is 18.7 Å². The van der Waals surface area contributed by atoms with Crippen LogP contribution in [-0.4, -0.2) is 60.7 Å². The molecular formula is C12H20N4O2S. The molecule has 6 nitrogen and oxygen atoms in total. The van der Waals surface area contributed by atoms with E-state index in [4.69, 9.17) is 4.74 Å². The Bertz CT molecular complexity index is 416. The summed E-state index contributed by atoms with van der Waals surface area (Å²) >= 11 is 1.52. The number of ether oxygens (including phenoxy) is 1. The molecule has 1 saturated heterocycles. The molecule has 0 spiro atoms. The maximum atomic E-state index is 11.4. The lowest BCUT2D eigenvalue weighted by Crippen LogP contribution is -2.46. The van der Waals surface area contributed by atoms with Crippen molar-refractivity contribution in [3.8, 4) is 0 Å². The van der Waals surface area contributed by atoms with Gasteiger partial charge in [-0.2, -0.15) is 0 Å². The first-order valence-electron chi connectivity index (χ1n) is 6.47. The number of piperazine rings is 1. The largest absolute Gasteiger partial charge is 0.466 e. The Labute approximate surface area is 117 Å². The minimum Gasteiger partial charge on any atom is -0.466 e. The zero-order chi connectivity index (χ0) is 13.7. The first-order chi connectivity index (χ1) is 9.17. The van der Waals surface area contributed by atoms with Gasteiger partial charge in [-0.05, 0) is 14.0 Å². The number of anilines is 1. The summed E-state index contributed by atoms with van der Waals surface area (Å²) < 4.78 is 4.91. The monoisotopic (exact) mass is 284 g/mol. The second kappa shape index (κ2) is 6.83. The van der Waals surface area contributed by atoms with Gasteiger partial charge in [0.15, 0.2) is 5.13 Å². The van der Waals surface area contributed by atoms with Gasteiger partial charge < -0.3 is 9.64 Å². The molecule has 1 aromatic heterocycles. The molecule has 0 aromatic carbocycles. The number of hydrogen-bond donors (Lipinski definition) is 1. The van der Waals surface area contributed by atoms with Crippen LogP contribution in [0.4, 0.5) is 5.13 Å². The van der Waals surface area contributed by atoms with Gasteiger partial charge in [-0.3, -0.25) is 10.2 Å². The summed E-state index contributed by atoms with van der Waals surface area (Å²) in [5.74, 6) is -0.223. The molecule has 2 heterocycles. The summed E-state index contributed by atoms with van der Waals surface area (Å²) in [7, 11) is 2.12. The predicted molar refractivity (Wildman–Crippen MR) is 75.1 cm³/mol. The van der Waals surface area contributed by atoms with E-state index < -0.39 is 0 Å². The second-order valence-corrected chi connectivity index (χ2v) is 5.39. The van der Waals surface area contributed by atoms with E-state index in [-0.39, 0.29) is 12.4 Å². The normalized spacial score (nSPS) is 17.4. The third-order valence-corrected chi connectivity index (χ3v) is 3.74. The number of nitrogens with zero attached hydrogens (tertiary/aromatic N) is 3. The van der Waals surface area contributed by atoms with Crippen molar-refractivity contribution in [2.75, 3.05) is 45.3 Å². The van der Waals surface area contributed by atoms with Gasteiger partial charge in [0.2, 0.25) is 0 Å². The van der Waals surface area contributed by atoms with Crippen LogP contribution in [0.3, 0.4) is 0 Å². The standard InChI is InChI=1S/C12H20N4O2S/c1-3-18-11(17)8-10-9-19-12(13-10)14-16-6-4-15(2)5-7-16/h9H,3-8H2,1-2H3,(H,13,14). The highest BCUT2D eigenvalue weighted by molar-refractivity contribution is 7.13. The number of carbonyl (C=O) groups is 1. The summed E-state index contributed by atoms with van der Waals surface area (Å²) in [6.45, 7) is 6.27. The molecule has 1 aromatic rings. The average Bonchev–Trinajstić information content (AvgIpc) is 2.80. The molecular weight excluding hydrogens is 264 g/mol. The summed E-state index contributed by atoms with van der Waals surface area (Å²) in [6, 6.07) is 0. The van der Waals surface area contributed by atoms with E-state index in [1.807, 2.05) is 5.38 Å². The van der Waals surface area contributed by atoms with Gasteiger partial charge in [0, 0.05) is 31.6 Å². The lowest BCUT2D eigenvalue weighted by molar-refractivity contribution is -0.142. The van der Waals surface area contributed by atoms with Crippen molar-refractivity contribution in [3.63, 3.8) is 0 Å². The Kier molecular flexibility index (Phi) is 5.12. The quantitative estimate of drug-likeness (QED) is 0.808. The lowest BCUT2D eigenvalue weighted by atomic mass is 10.3. The number of nitrogens with one attached hydrogen (secondary N) is 1. The molecule has 2 rings (SSSR count). The van der Waals surface area contributed by atoms with E-state index in [1.165, 1.54) is 11.3 Å². The summed E-state index contributed by atoms with van der Waals surface area (Å²) in [5, 5.41) is 4.89. The van der Waals surface area contributed by atoms with Crippen LogP contribution in [0, 0.1) is 0 Å². The lowest BCUT2D eigenvalue weighted by Gasteiger charge is -2.32. The SMILES string of the molecule is CCOC(=O)Cc1csc(NN2CCN(C)CC2)n1. The molecule has 1 aliphatic rings. The maximum Gasteiger partial charge on any atom is 0.311 e. The maximum absolute atomic E-state index is 11.4. The van der Waals surface area contributed by atoms with Crippen molar-refractivity contribution in [3.05, 3.63) is 11.1 Å². The highest BCUT2D eigenvalue weighted by Crippen LogP contribution is 2.17. The summed E-state index contributed by atoms with van der Waals surface area (Å²) in [5.41, 5.74) is 4.05. The smallest absolute Gasteiger partial charge is 0.311 e. The molecule has 0 amide bonds. The van der Waals surface area contributed by atoms with Gasteiger partial charge in [-0.25, -0.2) is 9.99 Å². The third kappa shape index (κ3) is 4.45. The van der Waals surface area contributed by atoms with Gasteiger partial charge >= 0.3 is 5.97 Å². The topological polar surface area (TPSA) is 57.7 Å². The van der Waals surface area contributed by atoms with E-state index in [2.05, 4.69) is 27.4 Å². The van der Waals surface area contributed by atoms with Gasteiger partial charge in [-0.15, -0.1) is 11.3 Å². The fourth-order valence-electron chi connectivity index (χ4n) is 1.85. The van der Waals surface area contributed by atoms with Crippen LogP contribution >= 0.6 is 11.3 Å². The Morgan fingerprint density at radius 1 is 1.47 bits per heavy atom. The zero-order valence-corrected chi connectivity index (χ0v) is 12.2. The van der Waals surface area contributed by atoms with E-state index in [0.717, 1.165) is 37.0 Å². The molecule has 0 radical (unpaired) electrons. The van der Waals surface area contributed by atoms with Crippen molar-refractivity contribution in [2.45, 2.75) is 13.3 Å². The molecule has 0 atom stereocenters. The number of hydrazine groups is 1. The minimum absolute atomic E-state index is 0.223. The number of hydrogen-bond acceptors (Lipinski definition) is 7. The van der Waals surface area contributed by atoms with E-state index in [9.17, 15) is 4.79 Å². The van der Waals surface area contributed by atoms with Gasteiger partial charge in [-0.1, -0.05) is 0 Å². The number of carbonyl (C=O) groups excluding carboxylic acids is 1. The predicted octanol–water partition coefficient (Wildman–Crippen LogP) is 0.823. The first-order valence-corrected chi connectivity index (χ1v) is 7.35. The van der Waals surface area contributed by atoms with Gasteiger partial charge in [0.1, 0.15) is 0 Å². The van der Waals surface area contributed by atoms with Crippen LogP contribution in [0.1, 0.15) is 12.6 Å². The van der Waals surface area contributed by atoms with Crippen LogP contribution in [0.25, 0.3) is 0 Å². The van der Waals surface area contributed by atoms with Crippen LogP contribution in [-0.2, 0) is 16.0 Å². The molecule has 0 aliphatic carbocycles. The Morgan fingerprint density at radius 2 is 2.21 bits per heavy atom. The number of thiazole rings is 1. The molecule has 1 N–H and O–H groups in total. The average molecular weight is 284 g/mol. The number of esters is 1. The zero-order valence-electron chi connectivity index (χ0n) is 11.4. The molecule has 7 heteroatoms. The third-order valence-electron chi connectivity index (χ3n) is 2.94. The van der Waals surface area contributed by atoms with Gasteiger partial charge in [0.25, 0.3) is 0 Å². The van der Waals surface area contributed by atoms with Crippen molar-refractivity contribution in [1.29, 1.82) is 0 Å². The number of aromatic nitrogens is 1. The Hall–Kier alpha value is -1.18. The van der Waals surface area contributed by atoms with Crippen molar-refractivity contribution in [1.82, 2.24) is 14.9 Å². The molecule has 1 fully saturated rings. The van der Waals surface area contributed by atoms with Crippen molar-refractivity contribution >= 4 is 22.4 Å². The first kappa shape index (κ1) is 14.2. The molecule has 0 bridgehead atoms. The molecule has 0 saturated carbocycles. The Morgan fingerprint density at radius 3 is 2.89 bits per heavy atom. The number of rotatable bonds is 5. The minimum atomic E-state index is -0.223. The van der Waals surface area contributed by atoms with E-state index in [1.54, 1.807) is 6.92 Å². The highest BCUT2D eigenvalue weighted by Gasteiger charge is 2.15. The second-order valence-electron chi connectivity index (χ2n) is 4.53. The molecule has 1 aliphatic heterocycles. The van der Waals surface area contributed by atoms with E-state index in [0.29, 0.717) is 6.61 Å². The van der Waals surface area contributed by atoms with Crippen LogP contribution in [0.2, 0.25) is 0 Å². The highest BCUT2D eigenvalue weighted by atomic mass is 32.1.